The highest BCUT2D eigenvalue weighted by Crippen LogP contribution is 2.23. The van der Waals surface area contributed by atoms with Crippen molar-refractivity contribution in [2.75, 3.05) is 20.2 Å². The molecule has 1 fully saturated rings. The second kappa shape index (κ2) is 6.92. The molecule has 0 saturated carbocycles. The molecule has 1 aliphatic rings. The maximum atomic E-state index is 12.9. The first-order valence-electron chi connectivity index (χ1n) is 9.04. The smallest absolute Gasteiger partial charge is 0.253 e. The summed E-state index contributed by atoms with van der Waals surface area (Å²) < 4.78 is 7.51. The van der Waals surface area contributed by atoms with Gasteiger partial charge in [0, 0.05) is 31.5 Å². The van der Waals surface area contributed by atoms with Crippen molar-refractivity contribution in [3.8, 4) is 5.69 Å². The van der Waals surface area contributed by atoms with Crippen LogP contribution in [-0.4, -0.2) is 46.7 Å². The lowest BCUT2D eigenvalue weighted by Gasteiger charge is -2.31. The minimum atomic E-state index is 0.0772. The highest BCUT2D eigenvalue weighted by atomic mass is 16.5. The van der Waals surface area contributed by atoms with Gasteiger partial charge in [-0.15, -0.1) is 0 Å². The summed E-state index contributed by atoms with van der Waals surface area (Å²) in [6.07, 6.45) is 2.06. The van der Waals surface area contributed by atoms with E-state index in [0.29, 0.717) is 5.56 Å². The fourth-order valence-corrected chi connectivity index (χ4v) is 3.71. The van der Waals surface area contributed by atoms with Crippen LogP contribution in [0.25, 0.3) is 16.7 Å². The van der Waals surface area contributed by atoms with Crippen molar-refractivity contribution in [3.63, 3.8) is 0 Å². The number of para-hydroxylation sites is 1. The lowest BCUT2D eigenvalue weighted by atomic mass is 10.1. The Morgan fingerprint density at radius 2 is 1.85 bits per heavy atom. The van der Waals surface area contributed by atoms with Gasteiger partial charge >= 0.3 is 0 Å². The maximum absolute atomic E-state index is 12.9. The molecule has 26 heavy (non-hydrogen) atoms. The van der Waals surface area contributed by atoms with Crippen LogP contribution in [0.1, 0.15) is 29.0 Å². The van der Waals surface area contributed by atoms with E-state index in [0.717, 1.165) is 48.5 Å². The Labute approximate surface area is 153 Å². The predicted molar refractivity (Wildman–Crippen MR) is 102 cm³/mol. The predicted octanol–water partition coefficient (Wildman–Crippen LogP) is 3.58. The summed E-state index contributed by atoms with van der Waals surface area (Å²) in [6, 6.07) is 16.0. The number of methoxy groups -OCH3 is 1. The normalized spacial score (nSPS) is 15.5. The molecule has 0 radical (unpaired) electrons. The SMILES string of the molecule is COC1CCN(C(=O)c2ccc3c(c2)nc(C)n3-c2ccccc2)CC1. The molecule has 5 heteroatoms. The monoisotopic (exact) mass is 349 g/mol. The second-order valence-corrected chi connectivity index (χ2v) is 6.76. The van der Waals surface area contributed by atoms with Gasteiger partial charge in [-0.1, -0.05) is 18.2 Å². The van der Waals surface area contributed by atoms with Crippen LogP contribution >= 0.6 is 0 Å². The molecule has 2 heterocycles. The number of hydrogen-bond acceptors (Lipinski definition) is 3. The van der Waals surface area contributed by atoms with E-state index in [9.17, 15) is 4.79 Å². The van der Waals surface area contributed by atoms with Crippen molar-refractivity contribution >= 4 is 16.9 Å². The summed E-state index contributed by atoms with van der Waals surface area (Å²) in [5.41, 5.74) is 3.65. The van der Waals surface area contributed by atoms with E-state index < -0.39 is 0 Å². The first-order chi connectivity index (χ1) is 12.7. The fourth-order valence-electron chi connectivity index (χ4n) is 3.71. The number of carbonyl (C=O) groups excluding carboxylic acids is 1. The van der Waals surface area contributed by atoms with Crippen molar-refractivity contribution in [2.45, 2.75) is 25.9 Å². The molecular formula is C21H23N3O2. The van der Waals surface area contributed by atoms with Gasteiger partial charge in [0.1, 0.15) is 5.82 Å². The summed E-state index contributed by atoms with van der Waals surface area (Å²) >= 11 is 0. The molecule has 134 valence electrons. The number of rotatable bonds is 3. The third-order valence-electron chi connectivity index (χ3n) is 5.15. The number of fused-ring (bicyclic) bond motifs is 1. The first-order valence-corrected chi connectivity index (χ1v) is 9.04. The molecule has 0 unspecified atom stereocenters. The van der Waals surface area contributed by atoms with E-state index >= 15 is 0 Å². The van der Waals surface area contributed by atoms with E-state index in [4.69, 9.17) is 4.74 Å². The fraction of sp³-hybridized carbons (Fsp3) is 0.333. The van der Waals surface area contributed by atoms with Gasteiger partial charge in [-0.3, -0.25) is 9.36 Å². The quantitative estimate of drug-likeness (QED) is 0.726. The summed E-state index contributed by atoms with van der Waals surface area (Å²) in [7, 11) is 1.74. The molecule has 0 spiro atoms. The van der Waals surface area contributed by atoms with Crippen LogP contribution in [0, 0.1) is 6.92 Å². The Bertz CT molecular complexity index is 925. The van der Waals surface area contributed by atoms with Gasteiger partial charge in [0.2, 0.25) is 0 Å². The van der Waals surface area contributed by atoms with Gasteiger partial charge in [0.15, 0.2) is 0 Å². The first kappa shape index (κ1) is 16.8. The Hall–Kier alpha value is -2.66. The van der Waals surface area contributed by atoms with E-state index in [1.54, 1.807) is 7.11 Å². The Kier molecular flexibility index (Phi) is 4.47. The van der Waals surface area contributed by atoms with Crippen LogP contribution in [0.4, 0.5) is 0 Å². The van der Waals surface area contributed by atoms with E-state index in [-0.39, 0.29) is 12.0 Å². The molecule has 0 atom stereocenters. The Morgan fingerprint density at radius 3 is 2.54 bits per heavy atom. The molecule has 0 aliphatic carbocycles. The van der Waals surface area contributed by atoms with Crippen LogP contribution in [0.3, 0.4) is 0 Å². The van der Waals surface area contributed by atoms with Gasteiger partial charge in [-0.25, -0.2) is 4.98 Å². The third kappa shape index (κ3) is 2.99. The van der Waals surface area contributed by atoms with Crippen LogP contribution in [-0.2, 0) is 4.74 Å². The number of benzene rings is 2. The molecule has 0 bridgehead atoms. The number of aromatic nitrogens is 2. The largest absolute Gasteiger partial charge is 0.381 e. The number of hydrogen-bond donors (Lipinski definition) is 0. The van der Waals surface area contributed by atoms with Crippen LogP contribution in [0.2, 0.25) is 0 Å². The van der Waals surface area contributed by atoms with E-state index in [1.165, 1.54) is 0 Å². The summed E-state index contributed by atoms with van der Waals surface area (Å²) in [5.74, 6) is 0.991. The minimum Gasteiger partial charge on any atom is -0.381 e. The van der Waals surface area contributed by atoms with Gasteiger partial charge in [0.25, 0.3) is 5.91 Å². The number of carbonyl (C=O) groups is 1. The van der Waals surface area contributed by atoms with Crippen LogP contribution in [0.15, 0.2) is 48.5 Å². The summed E-state index contributed by atoms with van der Waals surface area (Å²) in [6.45, 7) is 3.48. The third-order valence-corrected chi connectivity index (χ3v) is 5.15. The molecule has 0 N–H and O–H groups in total. The molecule has 3 aromatic rings. The number of likely N-dealkylation sites (tertiary alicyclic amines) is 1. The standard InChI is InChI=1S/C21H23N3O2/c1-15-22-19-14-16(21(25)23-12-10-18(26-2)11-13-23)8-9-20(19)24(15)17-6-4-3-5-7-17/h3-9,14,18H,10-13H2,1-2H3. The zero-order chi connectivity index (χ0) is 18.1. The highest BCUT2D eigenvalue weighted by Gasteiger charge is 2.24. The van der Waals surface area contributed by atoms with Crippen molar-refractivity contribution in [2.24, 2.45) is 0 Å². The number of ether oxygens (including phenoxy) is 1. The zero-order valence-corrected chi connectivity index (χ0v) is 15.2. The number of imidazole rings is 1. The van der Waals surface area contributed by atoms with E-state index in [2.05, 4.69) is 21.7 Å². The Morgan fingerprint density at radius 1 is 1.12 bits per heavy atom. The van der Waals surface area contributed by atoms with Crippen molar-refractivity contribution in [1.82, 2.24) is 14.5 Å². The number of piperidine rings is 1. The maximum Gasteiger partial charge on any atom is 0.253 e. The summed E-state index contributed by atoms with van der Waals surface area (Å²) in [4.78, 5) is 19.4. The molecular weight excluding hydrogens is 326 g/mol. The average molecular weight is 349 g/mol. The van der Waals surface area contributed by atoms with Gasteiger partial charge in [-0.05, 0) is 50.1 Å². The van der Waals surface area contributed by atoms with Crippen molar-refractivity contribution in [1.29, 1.82) is 0 Å². The van der Waals surface area contributed by atoms with Crippen LogP contribution in [0.5, 0.6) is 0 Å². The molecule has 1 aliphatic heterocycles. The molecule has 4 rings (SSSR count). The number of amides is 1. The molecule has 1 amide bonds. The van der Waals surface area contributed by atoms with E-state index in [1.807, 2.05) is 48.2 Å². The lowest BCUT2D eigenvalue weighted by Crippen LogP contribution is -2.40. The second-order valence-electron chi connectivity index (χ2n) is 6.76. The average Bonchev–Trinajstić information content (AvgIpc) is 3.03. The lowest BCUT2D eigenvalue weighted by molar-refractivity contribution is 0.0351. The van der Waals surface area contributed by atoms with Gasteiger partial charge in [0.05, 0.1) is 17.1 Å². The van der Waals surface area contributed by atoms with Crippen molar-refractivity contribution < 1.29 is 9.53 Å². The highest BCUT2D eigenvalue weighted by molar-refractivity contribution is 5.97. The van der Waals surface area contributed by atoms with Gasteiger partial charge < -0.3 is 9.64 Å². The Balaban J connectivity index is 1.64. The van der Waals surface area contributed by atoms with Gasteiger partial charge in [-0.2, -0.15) is 0 Å². The van der Waals surface area contributed by atoms with Crippen molar-refractivity contribution in [3.05, 3.63) is 59.9 Å². The summed E-state index contributed by atoms with van der Waals surface area (Å²) in [5, 5.41) is 0. The topological polar surface area (TPSA) is 47.4 Å². The molecule has 2 aromatic carbocycles. The van der Waals surface area contributed by atoms with Crippen LogP contribution < -0.4 is 0 Å². The molecule has 1 aromatic heterocycles. The minimum absolute atomic E-state index is 0.0772. The molecule has 5 nitrogen and oxygen atoms in total. The number of nitrogens with zero attached hydrogens (tertiary/aromatic N) is 3. The number of aryl methyl sites for hydroxylation is 1. The zero-order valence-electron chi connectivity index (χ0n) is 15.2. The molecule has 1 saturated heterocycles.